The van der Waals surface area contributed by atoms with Crippen LogP contribution in [0.5, 0.6) is 0 Å². The molecule has 29 nitrogen and oxygen atoms in total. The topological polar surface area (TPSA) is 434 Å². The summed E-state index contributed by atoms with van der Waals surface area (Å²) in [6.07, 6.45) is -11.4. The number of aromatic amines is 1. The molecule has 0 amide bonds. The summed E-state index contributed by atoms with van der Waals surface area (Å²) >= 11 is 0. The summed E-state index contributed by atoms with van der Waals surface area (Å²) in [7, 11) is -19.6. The van der Waals surface area contributed by atoms with Crippen LogP contribution in [0.2, 0.25) is 0 Å². The van der Waals surface area contributed by atoms with Crippen molar-refractivity contribution in [2.24, 2.45) is 0 Å². The quantitative estimate of drug-likeness (QED) is 0.0527. The van der Waals surface area contributed by atoms with Crippen molar-refractivity contribution in [1.29, 1.82) is 0 Å². The summed E-state index contributed by atoms with van der Waals surface area (Å²) in [6, 6.07) is 0. The fraction of sp³-hybridized carbons (Fsp3) is 0.565. The molecule has 0 saturated carbocycles. The van der Waals surface area contributed by atoms with Gasteiger partial charge in [-0.1, -0.05) is 0 Å². The van der Waals surface area contributed by atoms with Crippen LogP contribution in [0.3, 0.4) is 0 Å². The highest BCUT2D eigenvalue weighted by atomic mass is 31.3. The molecule has 4 unspecified atom stereocenters. The van der Waals surface area contributed by atoms with Crippen molar-refractivity contribution < 1.29 is 85.0 Å². The second-order valence-electron chi connectivity index (χ2n) is 12.1. The molecule has 0 aromatic carbocycles. The minimum Gasteiger partial charge on any atom is -0.387 e. The molecule has 2 saturated heterocycles. The zero-order chi connectivity index (χ0) is 41.0. The van der Waals surface area contributed by atoms with E-state index in [0.29, 0.717) is 0 Å². The Morgan fingerprint density at radius 2 is 1.43 bits per heavy atom. The molecule has 4 aromatic heterocycles. The smallest absolute Gasteiger partial charge is 0.387 e. The van der Waals surface area contributed by atoms with Crippen molar-refractivity contribution in [1.82, 2.24) is 39.0 Å². The number of phosphoric ester groups is 1. The maximum Gasteiger partial charge on any atom is 0.476 e. The monoisotopic (exact) mass is 878 g/mol. The first kappa shape index (κ1) is 42.5. The molecule has 0 aliphatic carbocycles. The highest BCUT2D eigenvalue weighted by Gasteiger charge is 2.52. The number of aliphatic hydroxyl groups excluding tert-OH is 2. The van der Waals surface area contributed by atoms with Gasteiger partial charge in [-0.05, 0) is 0 Å². The second-order valence-corrected chi connectivity index (χ2v) is 18.8. The molecule has 0 radical (unpaired) electrons. The Hall–Kier alpha value is -3.14. The molecule has 56 heavy (non-hydrogen) atoms. The number of aromatic nitrogens is 8. The van der Waals surface area contributed by atoms with E-state index >= 15 is 0 Å². The van der Waals surface area contributed by atoms with Crippen LogP contribution in [0.25, 0.3) is 22.3 Å². The maximum atomic E-state index is 13.4. The molecule has 310 valence electrons. The Kier molecular flexibility index (Phi) is 12.1. The third-order valence-corrected chi connectivity index (χ3v) is 13.6. The molecule has 2 aliphatic heterocycles. The minimum absolute atomic E-state index is 0.0225. The van der Waals surface area contributed by atoms with Gasteiger partial charge in [-0.15, -0.1) is 0 Å². The van der Waals surface area contributed by atoms with Crippen LogP contribution in [0.1, 0.15) is 12.5 Å². The van der Waals surface area contributed by atoms with Crippen LogP contribution < -0.4 is 17.0 Å². The molecule has 0 bridgehead atoms. The molecule has 2 aliphatic rings. The zero-order valence-electron chi connectivity index (χ0n) is 28.3. The lowest BCUT2D eigenvalue weighted by molar-refractivity contribution is -0.0580. The molecule has 33 heteroatoms. The summed E-state index contributed by atoms with van der Waals surface area (Å²) in [4.78, 5) is 83.1. The number of anilines is 2. The Labute approximate surface area is 311 Å². The summed E-state index contributed by atoms with van der Waals surface area (Å²) in [6.45, 7) is -1.83. The van der Waals surface area contributed by atoms with Gasteiger partial charge in [0.05, 0.1) is 38.2 Å². The number of methoxy groups -OCH3 is 1. The van der Waals surface area contributed by atoms with Gasteiger partial charge in [-0.3, -0.25) is 37.1 Å². The predicted molar refractivity (Wildman–Crippen MR) is 182 cm³/mol. The predicted octanol–water partition coefficient (Wildman–Crippen LogP) is -2.35. The third-order valence-electron chi connectivity index (χ3n) is 8.28. The number of rotatable bonds is 16. The van der Waals surface area contributed by atoms with Crippen molar-refractivity contribution in [2.45, 2.75) is 49.1 Å². The number of nitrogen functional groups attached to an aromatic ring is 2. The lowest BCUT2D eigenvalue weighted by Crippen LogP contribution is -2.38. The van der Waals surface area contributed by atoms with Crippen LogP contribution in [-0.2, 0) is 50.4 Å². The van der Waals surface area contributed by atoms with Gasteiger partial charge in [0.1, 0.15) is 48.5 Å². The van der Waals surface area contributed by atoms with Crippen LogP contribution in [0, 0.1) is 0 Å². The number of nitrogens with zero attached hydrogens (tertiary/aromatic N) is 7. The fourth-order valence-electron chi connectivity index (χ4n) is 5.79. The summed E-state index contributed by atoms with van der Waals surface area (Å²) in [5.74, 6) is -0.304. The standard InChI is InChI=1S/C23H34N10O19P4/c1-46-16-15(51-56(44,45)48-4-9-13(34)14(35)21(49-9)33-8-29-12-19(33)30-23(25)31-20(12)36)10(5-47-53(37,38)2-3-54(39,40)52-55(41,42)43)50-22(16)32-7-28-11-17(24)26-6-27-18(11)32/h6-10,13-16,21-22,34-35H,2-5H2,1H3,(H,37,38)(H,39,40)(H,44,45)(H2,24,26,27)(H2,41,42,43)(H3,25,30,31,36)/t9-,10?,13-,14-,15-,16-,21-,22-/m1/s1. The van der Waals surface area contributed by atoms with Gasteiger partial charge in [0, 0.05) is 7.11 Å². The van der Waals surface area contributed by atoms with E-state index in [9.17, 15) is 47.9 Å². The van der Waals surface area contributed by atoms with Gasteiger partial charge in [0.2, 0.25) is 5.95 Å². The van der Waals surface area contributed by atoms with Crippen molar-refractivity contribution in [3.8, 4) is 0 Å². The SMILES string of the molecule is CO[C@@H]1[C@H](OP(=O)(O)OC[C@H]2O[C@@H](n3cnc4c(=O)[nH]c(N)nc43)[C@H](O)[C@@H]2O)C(COP(=O)(O)CCP(=O)(O)OP(=O)(O)O)O[C@H]1n1cnc2c(N)ncnc21. The van der Waals surface area contributed by atoms with E-state index in [1.807, 2.05) is 0 Å². The first-order valence-corrected chi connectivity index (χ1v) is 22.2. The van der Waals surface area contributed by atoms with Crippen LogP contribution >= 0.6 is 30.8 Å². The summed E-state index contributed by atoms with van der Waals surface area (Å²) in [5, 5.41) is 21.5. The Balaban J connectivity index is 1.19. The Bertz CT molecular complexity index is 2340. The second kappa shape index (κ2) is 15.9. The Morgan fingerprint density at radius 3 is 2.11 bits per heavy atom. The number of imidazole rings is 2. The van der Waals surface area contributed by atoms with Gasteiger partial charge < -0.3 is 64.9 Å². The average molecular weight is 878 g/mol. The minimum atomic E-state index is -5.46. The van der Waals surface area contributed by atoms with E-state index in [1.54, 1.807) is 0 Å². The molecule has 2 fully saturated rings. The molecular formula is C23H34N10O19P4. The fourth-order valence-corrected chi connectivity index (χ4v) is 10.9. The van der Waals surface area contributed by atoms with Gasteiger partial charge in [-0.2, -0.15) is 4.98 Å². The maximum absolute atomic E-state index is 13.4. The number of hydrogen-bond acceptors (Lipinski definition) is 21. The normalized spacial score (nSPS) is 29.1. The average Bonchev–Trinajstić information content (AvgIpc) is 3.86. The summed E-state index contributed by atoms with van der Waals surface area (Å²) in [5.41, 5.74) is 10.8. The van der Waals surface area contributed by atoms with Gasteiger partial charge in [-0.25, -0.2) is 33.4 Å². The molecule has 11 atom stereocenters. The van der Waals surface area contributed by atoms with E-state index in [0.717, 1.165) is 24.3 Å². The van der Waals surface area contributed by atoms with Gasteiger partial charge in [0.15, 0.2) is 35.1 Å². The summed E-state index contributed by atoms with van der Waals surface area (Å²) < 4.78 is 88.3. The Morgan fingerprint density at radius 1 is 0.804 bits per heavy atom. The highest BCUT2D eigenvalue weighted by molar-refractivity contribution is 7.64. The molecule has 0 spiro atoms. The molecular weight excluding hydrogens is 844 g/mol. The lowest BCUT2D eigenvalue weighted by Gasteiger charge is -2.26. The zero-order valence-corrected chi connectivity index (χ0v) is 31.9. The number of ether oxygens (including phenoxy) is 3. The van der Waals surface area contributed by atoms with Crippen molar-refractivity contribution >= 4 is 64.9 Å². The van der Waals surface area contributed by atoms with Crippen LogP contribution in [-0.4, -0.2) is 143 Å². The highest BCUT2D eigenvalue weighted by Crippen LogP contribution is 2.59. The first-order chi connectivity index (χ1) is 26.1. The number of phosphoric acid groups is 2. The van der Waals surface area contributed by atoms with E-state index in [4.69, 9.17) is 49.0 Å². The van der Waals surface area contributed by atoms with Gasteiger partial charge in [0.25, 0.3) is 5.56 Å². The molecule has 4 aromatic rings. The number of fused-ring (bicyclic) bond motifs is 2. The van der Waals surface area contributed by atoms with Crippen LogP contribution in [0.15, 0.2) is 23.8 Å². The van der Waals surface area contributed by atoms with Crippen molar-refractivity contribution in [3.05, 3.63) is 29.3 Å². The molecule has 6 heterocycles. The van der Waals surface area contributed by atoms with E-state index in [-0.39, 0.29) is 34.1 Å². The number of hydrogen-bond donors (Lipinski definition) is 10. The van der Waals surface area contributed by atoms with E-state index in [1.165, 1.54) is 10.9 Å². The van der Waals surface area contributed by atoms with Crippen LogP contribution in [0.4, 0.5) is 11.8 Å². The molecule has 12 N–H and O–H groups in total. The van der Waals surface area contributed by atoms with E-state index in [2.05, 4.69) is 34.2 Å². The van der Waals surface area contributed by atoms with Crippen molar-refractivity contribution in [2.75, 3.05) is 44.1 Å². The van der Waals surface area contributed by atoms with Crippen molar-refractivity contribution in [3.63, 3.8) is 0 Å². The number of nitrogens with two attached hydrogens (primary N) is 2. The first-order valence-electron chi connectivity index (χ1n) is 15.6. The number of H-pyrrole nitrogens is 1. The molecule has 6 rings (SSSR count). The largest absolute Gasteiger partial charge is 0.476 e. The number of aliphatic hydroxyl groups is 2. The van der Waals surface area contributed by atoms with E-state index < -0.39 is 111 Å². The third kappa shape index (κ3) is 9.26. The lowest BCUT2D eigenvalue weighted by atomic mass is 10.1. The number of nitrogens with one attached hydrogen (secondary N) is 1. The van der Waals surface area contributed by atoms with Gasteiger partial charge >= 0.3 is 30.8 Å².